The van der Waals surface area contributed by atoms with Crippen LogP contribution in [-0.2, 0) is 14.3 Å². The molecule has 0 saturated carbocycles. The van der Waals surface area contributed by atoms with E-state index in [4.69, 9.17) is 16.3 Å². The lowest BCUT2D eigenvalue weighted by Gasteiger charge is -2.14. The van der Waals surface area contributed by atoms with Crippen molar-refractivity contribution in [1.29, 1.82) is 0 Å². The Bertz CT molecular complexity index is 901. The van der Waals surface area contributed by atoms with Crippen molar-refractivity contribution in [3.05, 3.63) is 69.2 Å². The number of benzene rings is 2. The Morgan fingerprint density at radius 3 is 2.46 bits per heavy atom. The summed E-state index contributed by atoms with van der Waals surface area (Å²) in [5.41, 5.74) is 0.271. The van der Waals surface area contributed by atoms with Crippen molar-refractivity contribution in [3.8, 4) is 0 Å². The molecule has 0 bridgehead atoms. The fraction of sp³-hybridized carbons (Fsp3) is 0.211. The van der Waals surface area contributed by atoms with E-state index < -0.39 is 22.9 Å². The van der Waals surface area contributed by atoms with Crippen LogP contribution >= 0.6 is 11.6 Å². The zero-order valence-electron chi connectivity index (χ0n) is 14.9. The van der Waals surface area contributed by atoms with Crippen LogP contribution in [0.25, 0.3) is 0 Å². The van der Waals surface area contributed by atoms with Crippen LogP contribution in [-0.4, -0.2) is 28.7 Å². The predicted molar refractivity (Wildman–Crippen MR) is 102 cm³/mol. The Labute approximate surface area is 165 Å². The molecular formula is C19H17ClN2O6. The number of hydrogen-bond acceptors (Lipinski definition) is 6. The average Bonchev–Trinajstić information content (AvgIpc) is 2.68. The summed E-state index contributed by atoms with van der Waals surface area (Å²) in [6.07, 6.45) is -1.40. The highest BCUT2D eigenvalue weighted by molar-refractivity contribution is 6.33. The number of carbonyl (C=O) groups is 3. The van der Waals surface area contributed by atoms with Gasteiger partial charge in [0.05, 0.1) is 22.1 Å². The number of non-ortho nitro benzene ring substituents is 1. The van der Waals surface area contributed by atoms with Gasteiger partial charge in [-0.1, -0.05) is 41.9 Å². The van der Waals surface area contributed by atoms with Crippen molar-refractivity contribution in [2.75, 3.05) is 5.32 Å². The number of nitro groups is 1. The standard InChI is InChI=1S/C19H17ClN2O6/c1-12(19(25)21-16-11-14(22(26)27)7-8-15(16)20)28-18(24)10-9-17(23)13-5-3-2-4-6-13/h2-8,11-12H,9-10H2,1H3,(H,21,25). The van der Waals surface area contributed by atoms with Crippen molar-refractivity contribution >= 4 is 40.6 Å². The summed E-state index contributed by atoms with van der Waals surface area (Å²) < 4.78 is 5.01. The molecule has 8 nitrogen and oxygen atoms in total. The fourth-order valence-electron chi connectivity index (χ4n) is 2.25. The molecule has 146 valence electrons. The molecule has 2 rings (SSSR count). The van der Waals surface area contributed by atoms with Gasteiger partial charge in [-0.05, 0) is 13.0 Å². The van der Waals surface area contributed by atoms with Crippen LogP contribution < -0.4 is 5.32 Å². The van der Waals surface area contributed by atoms with Gasteiger partial charge in [0.1, 0.15) is 0 Å². The quantitative estimate of drug-likeness (QED) is 0.310. The Balaban J connectivity index is 1.88. The number of nitrogens with one attached hydrogen (secondary N) is 1. The Morgan fingerprint density at radius 2 is 1.82 bits per heavy atom. The Kier molecular flexibility index (Phi) is 7.22. The van der Waals surface area contributed by atoms with E-state index in [2.05, 4.69) is 5.32 Å². The summed E-state index contributed by atoms with van der Waals surface area (Å²) in [6.45, 7) is 1.34. The van der Waals surface area contributed by atoms with E-state index in [1.807, 2.05) is 0 Å². The average molecular weight is 405 g/mol. The SMILES string of the molecule is CC(OC(=O)CCC(=O)c1ccccc1)C(=O)Nc1cc([N+](=O)[O-])ccc1Cl. The Hall–Kier alpha value is -3.26. The zero-order valence-corrected chi connectivity index (χ0v) is 15.6. The van der Waals surface area contributed by atoms with E-state index in [0.717, 1.165) is 6.07 Å². The number of rotatable bonds is 8. The summed E-state index contributed by atoms with van der Waals surface area (Å²) in [5, 5.41) is 13.3. The summed E-state index contributed by atoms with van der Waals surface area (Å²) >= 11 is 5.92. The van der Waals surface area contributed by atoms with Crippen LogP contribution in [0.15, 0.2) is 48.5 Å². The number of esters is 1. The lowest BCUT2D eigenvalue weighted by molar-refractivity contribution is -0.384. The van der Waals surface area contributed by atoms with Gasteiger partial charge in [0.15, 0.2) is 11.9 Å². The van der Waals surface area contributed by atoms with Crippen LogP contribution in [0.2, 0.25) is 5.02 Å². The first-order chi connectivity index (χ1) is 13.3. The molecule has 0 saturated heterocycles. The molecule has 0 aliphatic carbocycles. The summed E-state index contributed by atoms with van der Waals surface area (Å²) in [4.78, 5) is 46.2. The molecule has 0 heterocycles. The molecule has 0 radical (unpaired) electrons. The van der Waals surface area contributed by atoms with Gasteiger partial charge in [0, 0.05) is 24.1 Å². The zero-order chi connectivity index (χ0) is 20.7. The number of nitro benzene ring substituents is 1. The van der Waals surface area contributed by atoms with Crippen LogP contribution in [0.4, 0.5) is 11.4 Å². The van der Waals surface area contributed by atoms with E-state index in [1.165, 1.54) is 19.1 Å². The van der Waals surface area contributed by atoms with E-state index in [1.54, 1.807) is 30.3 Å². The van der Waals surface area contributed by atoms with Gasteiger partial charge in [0.25, 0.3) is 11.6 Å². The van der Waals surface area contributed by atoms with Crippen molar-refractivity contribution in [1.82, 2.24) is 0 Å². The Morgan fingerprint density at radius 1 is 1.14 bits per heavy atom. The lowest BCUT2D eigenvalue weighted by atomic mass is 10.1. The van der Waals surface area contributed by atoms with Gasteiger partial charge < -0.3 is 10.1 Å². The molecular weight excluding hydrogens is 388 g/mol. The van der Waals surface area contributed by atoms with E-state index >= 15 is 0 Å². The molecule has 1 N–H and O–H groups in total. The molecule has 1 atom stereocenters. The fourth-order valence-corrected chi connectivity index (χ4v) is 2.42. The third kappa shape index (κ3) is 5.88. The van der Waals surface area contributed by atoms with Gasteiger partial charge in [-0.25, -0.2) is 0 Å². The van der Waals surface area contributed by atoms with E-state index in [9.17, 15) is 24.5 Å². The first-order valence-electron chi connectivity index (χ1n) is 8.30. The third-order valence-corrected chi connectivity index (χ3v) is 4.08. The number of amides is 1. The number of nitrogens with zero attached hydrogens (tertiary/aromatic N) is 1. The van der Waals surface area contributed by atoms with Gasteiger partial charge in [-0.2, -0.15) is 0 Å². The number of hydrogen-bond donors (Lipinski definition) is 1. The van der Waals surface area contributed by atoms with E-state index in [0.29, 0.717) is 5.56 Å². The molecule has 0 fully saturated rings. The molecule has 0 aliphatic rings. The molecule has 1 unspecified atom stereocenters. The summed E-state index contributed by atoms with van der Waals surface area (Å²) in [7, 11) is 0. The monoisotopic (exact) mass is 404 g/mol. The highest BCUT2D eigenvalue weighted by Gasteiger charge is 2.20. The number of carbonyl (C=O) groups excluding carboxylic acids is 3. The highest BCUT2D eigenvalue weighted by atomic mass is 35.5. The second-order valence-electron chi connectivity index (χ2n) is 5.83. The van der Waals surface area contributed by atoms with Crippen LogP contribution in [0.1, 0.15) is 30.1 Å². The smallest absolute Gasteiger partial charge is 0.307 e. The molecule has 2 aromatic carbocycles. The predicted octanol–water partition coefficient (Wildman–Crippen LogP) is 3.78. The molecule has 9 heteroatoms. The molecule has 1 amide bonds. The number of anilines is 1. The third-order valence-electron chi connectivity index (χ3n) is 3.75. The topological polar surface area (TPSA) is 116 Å². The van der Waals surface area contributed by atoms with Crippen molar-refractivity contribution < 1.29 is 24.0 Å². The summed E-state index contributed by atoms with van der Waals surface area (Å²) in [6, 6.07) is 12.1. The second-order valence-corrected chi connectivity index (χ2v) is 6.24. The maximum absolute atomic E-state index is 12.2. The van der Waals surface area contributed by atoms with Crippen molar-refractivity contribution in [2.24, 2.45) is 0 Å². The second kappa shape index (κ2) is 9.61. The van der Waals surface area contributed by atoms with E-state index in [-0.39, 0.29) is 35.0 Å². The van der Waals surface area contributed by atoms with Crippen LogP contribution in [0.3, 0.4) is 0 Å². The molecule has 0 spiro atoms. The largest absolute Gasteiger partial charge is 0.453 e. The van der Waals surface area contributed by atoms with Gasteiger partial charge in [-0.15, -0.1) is 0 Å². The number of halogens is 1. The van der Waals surface area contributed by atoms with Crippen LogP contribution in [0, 0.1) is 10.1 Å². The number of ketones is 1. The number of ether oxygens (including phenoxy) is 1. The highest BCUT2D eigenvalue weighted by Crippen LogP contribution is 2.26. The number of Topliss-reactive ketones (excluding diaryl/α,β-unsaturated/α-hetero) is 1. The van der Waals surface area contributed by atoms with Crippen LogP contribution in [0.5, 0.6) is 0 Å². The first-order valence-corrected chi connectivity index (χ1v) is 8.68. The molecule has 0 aromatic heterocycles. The summed E-state index contributed by atoms with van der Waals surface area (Å²) in [5.74, 6) is -1.62. The molecule has 0 aliphatic heterocycles. The minimum absolute atomic E-state index is 0.0306. The van der Waals surface area contributed by atoms with Gasteiger partial charge >= 0.3 is 5.97 Å². The molecule has 2 aromatic rings. The lowest BCUT2D eigenvalue weighted by Crippen LogP contribution is -2.30. The molecule has 28 heavy (non-hydrogen) atoms. The maximum Gasteiger partial charge on any atom is 0.307 e. The first kappa shape index (κ1) is 21.0. The minimum Gasteiger partial charge on any atom is -0.453 e. The van der Waals surface area contributed by atoms with Crippen molar-refractivity contribution in [3.63, 3.8) is 0 Å². The van der Waals surface area contributed by atoms with Crippen molar-refractivity contribution in [2.45, 2.75) is 25.9 Å². The minimum atomic E-state index is -1.17. The maximum atomic E-state index is 12.2. The normalized spacial score (nSPS) is 11.4. The van der Waals surface area contributed by atoms with Gasteiger partial charge in [0.2, 0.25) is 0 Å². The van der Waals surface area contributed by atoms with Gasteiger partial charge in [-0.3, -0.25) is 24.5 Å².